The van der Waals surface area contributed by atoms with Gasteiger partial charge in [0.1, 0.15) is 5.78 Å². The summed E-state index contributed by atoms with van der Waals surface area (Å²) >= 11 is 0. The van der Waals surface area contributed by atoms with Gasteiger partial charge in [-0.1, -0.05) is 29.7 Å². The van der Waals surface area contributed by atoms with Crippen LogP contribution < -0.4 is 0 Å². The summed E-state index contributed by atoms with van der Waals surface area (Å²) < 4.78 is 0. The normalized spacial score (nSPS) is 45.9. The highest BCUT2D eigenvalue weighted by Crippen LogP contribution is 2.57. The Morgan fingerprint density at radius 2 is 1.67 bits per heavy atom. The van der Waals surface area contributed by atoms with E-state index in [1.54, 1.807) is 16.7 Å². The molecule has 4 rings (SSSR count). The number of hydrogen-bond acceptors (Lipinski definition) is 1. The molecule has 0 radical (unpaired) electrons. The second kappa shape index (κ2) is 4.83. The van der Waals surface area contributed by atoms with Crippen LogP contribution in [0, 0.1) is 35.5 Å². The standard InChI is InChI=1S/C20H28O/c1-11-10-14-4-5-16-15-8-9-19(21)17(15)6-7-18(16)20(14)13(3)12(11)2/h10-11,15-18,20H,4-9H2,1-3H3. The lowest BCUT2D eigenvalue weighted by Crippen LogP contribution is -2.42. The Morgan fingerprint density at radius 3 is 2.48 bits per heavy atom. The monoisotopic (exact) mass is 284 g/mol. The molecule has 0 amide bonds. The van der Waals surface area contributed by atoms with Crippen LogP contribution in [0.2, 0.25) is 0 Å². The molecule has 21 heavy (non-hydrogen) atoms. The first-order valence-corrected chi connectivity index (χ1v) is 8.98. The van der Waals surface area contributed by atoms with E-state index in [-0.39, 0.29) is 0 Å². The zero-order chi connectivity index (χ0) is 14.7. The third-order valence-electron chi connectivity index (χ3n) is 7.39. The Morgan fingerprint density at radius 1 is 0.905 bits per heavy atom. The van der Waals surface area contributed by atoms with E-state index in [0.717, 1.165) is 30.1 Å². The van der Waals surface area contributed by atoms with Gasteiger partial charge in [-0.15, -0.1) is 0 Å². The molecule has 6 unspecified atom stereocenters. The third kappa shape index (κ3) is 1.92. The van der Waals surface area contributed by atoms with Crippen molar-refractivity contribution >= 4 is 5.78 Å². The molecule has 4 aliphatic rings. The number of carbonyl (C=O) groups is 1. The molecule has 0 N–H and O–H groups in total. The molecule has 0 aliphatic heterocycles. The Kier molecular flexibility index (Phi) is 3.17. The molecular weight excluding hydrogens is 256 g/mol. The van der Waals surface area contributed by atoms with Gasteiger partial charge in [-0.05, 0) is 69.6 Å². The number of hydrogen-bond donors (Lipinski definition) is 0. The summed E-state index contributed by atoms with van der Waals surface area (Å²) in [6, 6.07) is 0. The predicted molar refractivity (Wildman–Crippen MR) is 85.8 cm³/mol. The second-order valence-electron chi connectivity index (χ2n) is 8.09. The van der Waals surface area contributed by atoms with E-state index in [9.17, 15) is 4.79 Å². The van der Waals surface area contributed by atoms with Crippen LogP contribution in [0.1, 0.15) is 59.3 Å². The summed E-state index contributed by atoms with van der Waals surface area (Å²) in [4.78, 5) is 12.1. The summed E-state index contributed by atoms with van der Waals surface area (Å²) in [6.07, 6.45) is 9.73. The molecule has 3 fully saturated rings. The van der Waals surface area contributed by atoms with E-state index in [1.165, 1.54) is 32.1 Å². The first-order valence-electron chi connectivity index (χ1n) is 8.98. The molecule has 114 valence electrons. The first kappa shape index (κ1) is 13.8. The average Bonchev–Trinajstić information content (AvgIpc) is 2.86. The average molecular weight is 284 g/mol. The fraction of sp³-hybridized carbons (Fsp3) is 0.750. The number of fused-ring (bicyclic) bond motifs is 5. The summed E-state index contributed by atoms with van der Waals surface area (Å²) in [5.41, 5.74) is 5.00. The number of Topliss-reactive ketones (excluding diaryl/α,β-unsaturated/α-hetero) is 1. The molecule has 3 saturated carbocycles. The summed E-state index contributed by atoms with van der Waals surface area (Å²) in [5.74, 6) is 4.76. The molecule has 0 bridgehead atoms. The van der Waals surface area contributed by atoms with Gasteiger partial charge in [0.15, 0.2) is 0 Å². The zero-order valence-corrected chi connectivity index (χ0v) is 13.7. The highest BCUT2D eigenvalue weighted by atomic mass is 16.1. The lowest BCUT2D eigenvalue weighted by molar-refractivity contribution is -0.123. The summed E-state index contributed by atoms with van der Waals surface area (Å²) in [5, 5.41) is 0. The third-order valence-corrected chi connectivity index (χ3v) is 7.39. The molecule has 0 aromatic carbocycles. The maximum absolute atomic E-state index is 12.1. The van der Waals surface area contributed by atoms with Crippen LogP contribution in [-0.4, -0.2) is 5.78 Å². The minimum Gasteiger partial charge on any atom is -0.299 e. The van der Waals surface area contributed by atoms with Crippen molar-refractivity contribution in [1.29, 1.82) is 0 Å². The van der Waals surface area contributed by atoms with Crippen molar-refractivity contribution in [3.63, 3.8) is 0 Å². The molecule has 0 aromatic heterocycles. The first-order chi connectivity index (χ1) is 10.1. The van der Waals surface area contributed by atoms with Gasteiger partial charge < -0.3 is 0 Å². The molecule has 6 atom stereocenters. The van der Waals surface area contributed by atoms with Crippen molar-refractivity contribution in [3.05, 3.63) is 22.8 Å². The smallest absolute Gasteiger partial charge is 0.136 e. The number of rotatable bonds is 0. The van der Waals surface area contributed by atoms with Crippen LogP contribution in [0.25, 0.3) is 0 Å². The second-order valence-corrected chi connectivity index (χ2v) is 8.09. The van der Waals surface area contributed by atoms with Gasteiger partial charge in [-0.25, -0.2) is 0 Å². The van der Waals surface area contributed by atoms with Crippen LogP contribution in [-0.2, 0) is 4.79 Å². The maximum Gasteiger partial charge on any atom is 0.136 e. The molecule has 0 aromatic rings. The van der Waals surface area contributed by atoms with Crippen molar-refractivity contribution in [2.24, 2.45) is 35.5 Å². The SMILES string of the molecule is CC1=C(C)C2C(=CC1C)CCC1C3CCC(=O)C3CCC21. The van der Waals surface area contributed by atoms with Gasteiger partial charge >= 0.3 is 0 Å². The fourth-order valence-electron chi connectivity index (χ4n) is 6.17. The molecule has 1 nitrogen and oxygen atoms in total. The van der Waals surface area contributed by atoms with Crippen LogP contribution in [0.15, 0.2) is 22.8 Å². The Bertz CT molecular complexity index is 538. The van der Waals surface area contributed by atoms with Crippen LogP contribution in [0.4, 0.5) is 0 Å². The minimum absolute atomic E-state index is 0.435. The largest absolute Gasteiger partial charge is 0.299 e. The van der Waals surface area contributed by atoms with E-state index < -0.39 is 0 Å². The zero-order valence-electron chi connectivity index (χ0n) is 13.7. The summed E-state index contributed by atoms with van der Waals surface area (Å²) in [6.45, 7) is 7.07. The van der Waals surface area contributed by atoms with Crippen LogP contribution in [0.3, 0.4) is 0 Å². The number of allylic oxidation sites excluding steroid dienone is 4. The predicted octanol–water partition coefficient (Wildman–Crippen LogP) is 4.93. The van der Waals surface area contributed by atoms with Crippen molar-refractivity contribution < 1.29 is 4.79 Å². The molecule has 4 aliphatic carbocycles. The van der Waals surface area contributed by atoms with Gasteiger partial charge in [-0.2, -0.15) is 0 Å². The highest BCUT2D eigenvalue weighted by molar-refractivity contribution is 5.83. The highest BCUT2D eigenvalue weighted by Gasteiger charge is 2.50. The van der Waals surface area contributed by atoms with Gasteiger partial charge in [0, 0.05) is 18.3 Å². The van der Waals surface area contributed by atoms with Crippen molar-refractivity contribution in [2.45, 2.75) is 59.3 Å². The van der Waals surface area contributed by atoms with Gasteiger partial charge in [0.2, 0.25) is 0 Å². The van der Waals surface area contributed by atoms with E-state index in [1.807, 2.05) is 0 Å². The van der Waals surface area contributed by atoms with E-state index in [4.69, 9.17) is 0 Å². The Balaban J connectivity index is 1.67. The van der Waals surface area contributed by atoms with Gasteiger partial charge in [0.25, 0.3) is 0 Å². The van der Waals surface area contributed by atoms with E-state index >= 15 is 0 Å². The van der Waals surface area contributed by atoms with Gasteiger partial charge in [0.05, 0.1) is 0 Å². The minimum atomic E-state index is 0.435. The quantitative estimate of drug-likeness (QED) is 0.576. The fourth-order valence-corrected chi connectivity index (χ4v) is 6.17. The molecular formula is C20H28O. The van der Waals surface area contributed by atoms with Crippen molar-refractivity contribution in [1.82, 2.24) is 0 Å². The van der Waals surface area contributed by atoms with E-state index in [0.29, 0.717) is 17.6 Å². The molecule has 0 heterocycles. The Hall–Kier alpha value is -0.850. The topological polar surface area (TPSA) is 17.1 Å². The van der Waals surface area contributed by atoms with Crippen molar-refractivity contribution in [3.8, 4) is 0 Å². The molecule has 0 spiro atoms. The molecule has 1 heteroatoms. The van der Waals surface area contributed by atoms with Crippen LogP contribution in [0.5, 0.6) is 0 Å². The molecule has 0 saturated heterocycles. The van der Waals surface area contributed by atoms with Crippen LogP contribution >= 0.6 is 0 Å². The van der Waals surface area contributed by atoms with Gasteiger partial charge in [-0.3, -0.25) is 4.79 Å². The van der Waals surface area contributed by atoms with E-state index in [2.05, 4.69) is 26.8 Å². The number of carbonyl (C=O) groups excluding carboxylic acids is 1. The lowest BCUT2D eigenvalue weighted by atomic mass is 9.55. The number of ketones is 1. The summed E-state index contributed by atoms with van der Waals surface area (Å²) in [7, 11) is 0. The lowest BCUT2D eigenvalue weighted by Gasteiger charge is -2.50. The Labute approximate surface area is 128 Å². The maximum atomic E-state index is 12.1. The van der Waals surface area contributed by atoms with Crippen molar-refractivity contribution in [2.75, 3.05) is 0 Å².